The minimum atomic E-state index is 0.557. The summed E-state index contributed by atoms with van der Waals surface area (Å²) in [6.45, 7) is 47.8. The molecule has 0 heteroatoms. The van der Waals surface area contributed by atoms with Gasteiger partial charge in [-0.15, -0.1) is 0 Å². The van der Waals surface area contributed by atoms with Crippen molar-refractivity contribution in [1.29, 1.82) is 0 Å². The molecule has 12 bridgehead atoms. The van der Waals surface area contributed by atoms with Gasteiger partial charge in [-0.1, -0.05) is 235 Å². The number of hydrogen-bond donors (Lipinski definition) is 0. The molecule has 17 saturated carbocycles. The molecule has 0 radical (unpaired) electrons. The van der Waals surface area contributed by atoms with Crippen molar-refractivity contribution in [3.63, 3.8) is 0 Å². The summed E-state index contributed by atoms with van der Waals surface area (Å²) in [6, 6.07) is 0. The van der Waals surface area contributed by atoms with E-state index in [1.165, 1.54) is 109 Å². The maximum Gasteiger partial charge on any atom is -0.0295 e. The van der Waals surface area contributed by atoms with E-state index < -0.39 is 0 Å². The van der Waals surface area contributed by atoms with Gasteiger partial charge < -0.3 is 0 Å². The van der Waals surface area contributed by atoms with Gasteiger partial charge in [-0.05, 0) is 330 Å². The zero-order valence-corrected chi connectivity index (χ0v) is 64.7. The van der Waals surface area contributed by atoms with Crippen molar-refractivity contribution >= 4 is 0 Å². The highest BCUT2D eigenvalue weighted by Crippen LogP contribution is 2.57. The van der Waals surface area contributed by atoms with Crippen LogP contribution in [0.5, 0.6) is 0 Å². The summed E-state index contributed by atoms with van der Waals surface area (Å²) in [5.74, 6) is 21.9. The summed E-state index contributed by atoms with van der Waals surface area (Å²) < 4.78 is 0. The molecule has 17 rings (SSSR count). The lowest BCUT2D eigenvalue weighted by Crippen LogP contribution is -2.42. The van der Waals surface area contributed by atoms with Crippen LogP contribution in [0.15, 0.2) is 0 Å². The first kappa shape index (κ1) is 74.8. The first-order chi connectivity index (χ1) is 41.5. The highest BCUT2D eigenvalue weighted by molar-refractivity contribution is 4.97. The zero-order chi connectivity index (χ0) is 64.7. The Labute approximate surface area is 561 Å². The molecular weight excluding hydrogens is 1070 g/mol. The van der Waals surface area contributed by atoms with Crippen LogP contribution in [0.2, 0.25) is 0 Å². The van der Waals surface area contributed by atoms with Crippen molar-refractivity contribution in [2.75, 3.05) is 0 Å². The third-order valence-corrected chi connectivity index (χ3v) is 27.7. The third kappa shape index (κ3) is 25.4. The average molecular weight is 1230 g/mol. The molecule has 0 heterocycles. The third-order valence-electron chi connectivity index (χ3n) is 27.7. The molecular formula is C89H164. The van der Waals surface area contributed by atoms with Gasteiger partial charge in [0.2, 0.25) is 0 Å². The molecule has 0 nitrogen and oxygen atoms in total. The summed E-state index contributed by atoms with van der Waals surface area (Å²) >= 11 is 0. The molecule has 0 aromatic carbocycles. The number of hydrogen-bond acceptors (Lipinski definition) is 0. The van der Waals surface area contributed by atoms with E-state index in [0.717, 1.165) is 124 Å². The molecule has 17 aliphatic rings. The molecule has 17 fully saturated rings. The molecule has 0 aromatic heterocycles. The van der Waals surface area contributed by atoms with Gasteiger partial charge in [-0.2, -0.15) is 0 Å². The maximum absolute atomic E-state index is 2.40. The minimum absolute atomic E-state index is 0.557. The van der Waals surface area contributed by atoms with Gasteiger partial charge in [0.25, 0.3) is 0 Å². The van der Waals surface area contributed by atoms with Gasteiger partial charge >= 0.3 is 0 Å². The second-order valence-electron chi connectivity index (χ2n) is 44.6. The van der Waals surface area contributed by atoms with E-state index >= 15 is 0 Å². The zero-order valence-electron chi connectivity index (χ0n) is 64.7. The topological polar surface area (TPSA) is 0 Å². The van der Waals surface area contributed by atoms with Crippen LogP contribution in [0.4, 0.5) is 0 Å². The highest BCUT2D eigenvalue weighted by Gasteiger charge is 2.46. The fourth-order valence-corrected chi connectivity index (χ4v) is 24.9. The fourth-order valence-electron chi connectivity index (χ4n) is 24.9. The average Bonchev–Trinajstić information content (AvgIpc) is 2.68. The largest absolute Gasteiger partial charge is 0.0628 e. The van der Waals surface area contributed by atoms with Crippen LogP contribution >= 0.6 is 0 Å². The van der Waals surface area contributed by atoms with E-state index in [0.29, 0.717) is 32.5 Å². The van der Waals surface area contributed by atoms with Crippen LogP contribution in [-0.4, -0.2) is 0 Å². The van der Waals surface area contributed by atoms with Crippen molar-refractivity contribution in [2.45, 2.75) is 408 Å². The quantitative estimate of drug-likeness (QED) is 0.227. The first-order valence-corrected chi connectivity index (χ1v) is 41.5. The van der Waals surface area contributed by atoms with Gasteiger partial charge in [0.05, 0.1) is 0 Å². The van der Waals surface area contributed by atoms with Crippen molar-refractivity contribution < 1.29 is 0 Å². The van der Waals surface area contributed by atoms with E-state index in [9.17, 15) is 0 Å². The maximum atomic E-state index is 2.40. The predicted molar refractivity (Wildman–Crippen MR) is 394 cm³/mol. The van der Waals surface area contributed by atoms with Crippen LogP contribution in [0.25, 0.3) is 0 Å². The van der Waals surface area contributed by atoms with E-state index in [1.54, 1.807) is 161 Å². The van der Waals surface area contributed by atoms with Gasteiger partial charge in [-0.3, -0.25) is 0 Å². The SMILES string of the molecule is CC(C)(C)CC1C2CCCC1C2.CC(C)(C)CC1C2CCCC1CC2.CC(C)(C)CC1CC2CC(C2)C1.CC(C)(C)CC1CC2CCC(C2)C1.CC(C)(C)CC1CC2CCC1C2.CC(C)(C)CC1CC2CCC1CC2.CC(C)CC1CCCC2(CCCC2)C1. The van der Waals surface area contributed by atoms with Gasteiger partial charge in [-0.25, -0.2) is 0 Å². The van der Waals surface area contributed by atoms with Crippen LogP contribution in [0.3, 0.4) is 0 Å². The van der Waals surface area contributed by atoms with E-state index in [1.807, 2.05) is 0 Å². The Morgan fingerprint density at radius 1 is 0.270 bits per heavy atom. The molecule has 89 heavy (non-hydrogen) atoms. The summed E-state index contributed by atoms with van der Waals surface area (Å²) in [6.07, 6.45) is 64.5. The van der Waals surface area contributed by atoms with Crippen LogP contribution in [-0.2, 0) is 0 Å². The molecule has 11 unspecified atom stereocenters. The summed E-state index contributed by atoms with van der Waals surface area (Å²) in [5, 5.41) is 0. The Bertz CT molecular complexity index is 1910. The lowest BCUT2D eigenvalue weighted by atomic mass is 9.54. The molecule has 0 N–H and O–H groups in total. The molecule has 0 aromatic rings. The minimum Gasteiger partial charge on any atom is -0.0628 e. The monoisotopic (exact) mass is 1230 g/mol. The fraction of sp³-hybridized carbons (Fsp3) is 1.00. The number of fused-ring (bicyclic) bond motifs is 13. The van der Waals surface area contributed by atoms with Crippen LogP contribution in [0.1, 0.15) is 408 Å². The lowest BCUT2D eigenvalue weighted by molar-refractivity contribution is -0.0126. The van der Waals surface area contributed by atoms with Gasteiger partial charge in [0.15, 0.2) is 0 Å². The molecule has 1 spiro atoms. The summed E-state index contributed by atoms with van der Waals surface area (Å²) in [7, 11) is 0. The predicted octanol–water partition coefficient (Wildman–Crippen LogP) is 29.1. The standard InChI is InChI=1S/C14H26.3C13H24.3C12H22/c1-12(2)10-13-6-5-9-14(11-13)7-3-4-8-14;1-13(2,3)9-12-8-10-4-6-11(12)7-5-10;1-13(2,3)9-12-7-10-4-5-11(6-10)8-12;1-13(2,3)9-12-10-5-4-6-11(12)8-7-10;1-12(2,3)8-11-6-9-4-10(5-9)7-11;1-12(2,3)8-11-7-9-4-5-10(11)6-9;1-12(2,3)8-11-9-5-4-6-10(11)7-9/h12-13H,3-11H2,1-2H3;3*10-12H,4-9H2,1-3H3;3*9-11H,4-8H2,1-3H3. The molecule has 520 valence electrons. The smallest absolute Gasteiger partial charge is 0.0295 e. The van der Waals surface area contributed by atoms with Crippen molar-refractivity contribution in [3.05, 3.63) is 0 Å². The van der Waals surface area contributed by atoms with Crippen molar-refractivity contribution in [2.24, 2.45) is 156 Å². The highest BCUT2D eigenvalue weighted by atomic mass is 14.5. The van der Waals surface area contributed by atoms with Gasteiger partial charge in [0.1, 0.15) is 0 Å². The van der Waals surface area contributed by atoms with Crippen molar-refractivity contribution in [1.82, 2.24) is 0 Å². The number of rotatable bonds is 8. The van der Waals surface area contributed by atoms with Crippen molar-refractivity contribution in [3.8, 4) is 0 Å². The Hall–Kier alpha value is 0. The van der Waals surface area contributed by atoms with Crippen LogP contribution < -0.4 is 0 Å². The van der Waals surface area contributed by atoms with Gasteiger partial charge in [0, 0.05) is 0 Å². The van der Waals surface area contributed by atoms with E-state index in [4.69, 9.17) is 0 Å². The van der Waals surface area contributed by atoms with Crippen LogP contribution in [0, 0.1) is 156 Å². The normalized spacial score (nSPS) is 38.7. The summed E-state index contributed by atoms with van der Waals surface area (Å²) in [5.41, 5.74) is 4.20. The molecule has 0 aliphatic heterocycles. The summed E-state index contributed by atoms with van der Waals surface area (Å²) in [4.78, 5) is 0. The van der Waals surface area contributed by atoms with E-state index in [2.05, 4.69) is 138 Å². The Morgan fingerprint density at radius 3 is 1.03 bits per heavy atom. The second kappa shape index (κ2) is 32.1. The molecule has 17 aliphatic carbocycles. The molecule has 11 atom stereocenters. The molecule has 0 saturated heterocycles. The Morgan fingerprint density at radius 2 is 0.629 bits per heavy atom. The van der Waals surface area contributed by atoms with E-state index in [-0.39, 0.29) is 0 Å². The second-order valence-corrected chi connectivity index (χ2v) is 44.6. The molecule has 0 amide bonds. The first-order valence-electron chi connectivity index (χ1n) is 41.5. The lowest BCUT2D eigenvalue weighted by Gasteiger charge is -2.51. The Kier molecular flexibility index (Phi) is 27.0. The Balaban J connectivity index is 0.000000134.